The highest BCUT2D eigenvalue weighted by atomic mass is 16.6. The second-order valence-corrected chi connectivity index (χ2v) is 14.4. The summed E-state index contributed by atoms with van der Waals surface area (Å²) in [5.41, 5.74) is 0. The summed E-state index contributed by atoms with van der Waals surface area (Å²) >= 11 is 0. The molecule has 0 spiro atoms. The van der Waals surface area contributed by atoms with Gasteiger partial charge in [0.2, 0.25) is 0 Å². The largest absolute Gasteiger partial charge is 0.462 e. The first-order valence-electron chi connectivity index (χ1n) is 23.1. The Balaban J connectivity index is 4.57. The van der Waals surface area contributed by atoms with Gasteiger partial charge >= 0.3 is 17.9 Å². The SMILES string of the molecule is CC\C=C/C=C\C=C/C=C\C=C\C=C/C=C\CCCCCC(=O)OCC(COC(=O)CCCC/C=C\C/C=C\CC)OC(=O)CCCCCCC\C=C/C=C\C=C/C=C\CC. The van der Waals surface area contributed by atoms with Crippen molar-refractivity contribution in [1.29, 1.82) is 0 Å². The number of rotatable bonds is 38. The molecule has 0 N–H and O–H groups in total. The summed E-state index contributed by atoms with van der Waals surface area (Å²) in [5, 5.41) is 0. The highest BCUT2D eigenvalue weighted by Crippen LogP contribution is 2.11. The number of unbranched alkanes of at least 4 members (excludes halogenated alkanes) is 10. The first kappa shape index (κ1) is 56.0. The Morgan fingerprint density at radius 3 is 1.15 bits per heavy atom. The van der Waals surface area contributed by atoms with Gasteiger partial charge in [-0.1, -0.05) is 204 Å². The van der Waals surface area contributed by atoms with E-state index in [4.69, 9.17) is 14.2 Å². The van der Waals surface area contributed by atoms with E-state index in [0.717, 1.165) is 96.3 Å². The van der Waals surface area contributed by atoms with Gasteiger partial charge in [0.05, 0.1) is 0 Å². The lowest BCUT2D eigenvalue weighted by Crippen LogP contribution is -2.30. The molecule has 0 aliphatic rings. The molecule has 0 aromatic carbocycles. The molecule has 0 rings (SSSR count). The van der Waals surface area contributed by atoms with Crippen LogP contribution >= 0.6 is 0 Å². The molecular formula is C55H80O6. The minimum atomic E-state index is -0.829. The number of esters is 3. The van der Waals surface area contributed by atoms with Crippen LogP contribution in [-0.2, 0) is 28.6 Å². The van der Waals surface area contributed by atoms with Crippen LogP contribution in [0.4, 0.5) is 0 Å². The van der Waals surface area contributed by atoms with Gasteiger partial charge in [0, 0.05) is 19.3 Å². The fourth-order valence-corrected chi connectivity index (χ4v) is 5.41. The molecule has 0 aliphatic carbocycles. The monoisotopic (exact) mass is 837 g/mol. The van der Waals surface area contributed by atoms with Gasteiger partial charge in [0.1, 0.15) is 13.2 Å². The Kier molecular flexibility index (Phi) is 43.8. The van der Waals surface area contributed by atoms with Crippen LogP contribution in [0, 0.1) is 0 Å². The van der Waals surface area contributed by atoms with Gasteiger partial charge in [-0.05, 0) is 83.5 Å². The zero-order valence-corrected chi connectivity index (χ0v) is 38.1. The Morgan fingerprint density at radius 2 is 0.672 bits per heavy atom. The van der Waals surface area contributed by atoms with Crippen LogP contribution in [0.25, 0.3) is 0 Å². The Hall–Kier alpha value is -4.97. The van der Waals surface area contributed by atoms with Crippen LogP contribution in [0.5, 0.6) is 0 Å². The predicted molar refractivity (Wildman–Crippen MR) is 260 cm³/mol. The Morgan fingerprint density at radius 1 is 0.344 bits per heavy atom. The van der Waals surface area contributed by atoms with Crippen LogP contribution in [-0.4, -0.2) is 37.2 Å². The van der Waals surface area contributed by atoms with Gasteiger partial charge in [-0.3, -0.25) is 14.4 Å². The van der Waals surface area contributed by atoms with E-state index in [0.29, 0.717) is 19.3 Å². The van der Waals surface area contributed by atoms with E-state index in [9.17, 15) is 14.4 Å². The molecule has 0 heterocycles. The topological polar surface area (TPSA) is 78.9 Å². The van der Waals surface area contributed by atoms with E-state index in [1.807, 2.05) is 97.2 Å². The maximum absolute atomic E-state index is 12.7. The van der Waals surface area contributed by atoms with Gasteiger partial charge in [-0.15, -0.1) is 0 Å². The second kappa shape index (κ2) is 47.7. The molecule has 0 aromatic heterocycles. The summed E-state index contributed by atoms with van der Waals surface area (Å²) in [6.45, 7) is 6.09. The first-order chi connectivity index (χ1) is 30.0. The van der Waals surface area contributed by atoms with E-state index in [1.54, 1.807) is 0 Å². The lowest BCUT2D eigenvalue weighted by molar-refractivity contribution is -0.167. The standard InChI is InChI=1S/C55H80O6/c1-4-7-10-13-16-19-21-23-25-26-27-28-30-31-33-36-39-42-45-48-54(57)60-51-52(50-59-53(56)47-44-41-38-35-18-15-12-9-6-3)61-55(58)49-46-43-40-37-34-32-29-24-22-20-17-14-11-8-5-2/h7-14,16-31,33,35,52H,4-6,15,32,34,36-51H2,1-3H3/b10-7-,11-8-,12-9-,16-13-,17-14-,21-19-,22-20-,25-23-,27-26+,29-24-,30-28-,33-31-,35-18-. The molecule has 0 saturated carbocycles. The van der Waals surface area contributed by atoms with Crippen LogP contribution in [0.1, 0.15) is 149 Å². The summed E-state index contributed by atoms with van der Waals surface area (Å²) in [6.07, 6.45) is 69.4. The number of carbonyl (C=O) groups is 3. The molecule has 0 fully saturated rings. The highest BCUT2D eigenvalue weighted by molar-refractivity contribution is 5.71. The third kappa shape index (κ3) is 46.0. The molecule has 0 amide bonds. The highest BCUT2D eigenvalue weighted by Gasteiger charge is 2.19. The predicted octanol–water partition coefficient (Wildman–Crippen LogP) is 15.1. The molecule has 6 nitrogen and oxygen atoms in total. The van der Waals surface area contributed by atoms with Crippen molar-refractivity contribution in [1.82, 2.24) is 0 Å². The van der Waals surface area contributed by atoms with Crippen molar-refractivity contribution in [3.05, 3.63) is 158 Å². The zero-order valence-electron chi connectivity index (χ0n) is 38.1. The number of carbonyl (C=O) groups excluding carboxylic acids is 3. The lowest BCUT2D eigenvalue weighted by atomic mass is 10.1. The van der Waals surface area contributed by atoms with Crippen LogP contribution in [0.3, 0.4) is 0 Å². The average Bonchev–Trinajstić information content (AvgIpc) is 3.26. The Labute approximate surface area is 371 Å². The van der Waals surface area contributed by atoms with Crippen molar-refractivity contribution in [2.45, 2.75) is 155 Å². The van der Waals surface area contributed by atoms with Crippen molar-refractivity contribution in [2.24, 2.45) is 0 Å². The molecule has 0 aliphatic heterocycles. The fraction of sp³-hybridized carbons (Fsp3) is 0.473. The zero-order chi connectivity index (χ0) is 44.4. The summed E-state index contributed by atoms with van der Waals surface area (Å²) in [5.74, 6) is -1.05. The third-order valence-corrected chi connectivity index (χ3v) is 8.80. The van der Waals surface area contributed by atoms with Crippen molar-refractivity contribution >= 4 is 17.9 Å². The van der Waals surface area contributed by atoms with Crippen LogP contribution in [0.2, 0.25) is 0 Å². The number of allylic oxidation sites excluding steroid dienone is 26. The fourth-order valence-electron chi connectivity index (χ4n) is 5.41. The summed E-state index contributed by atoms with van der Waals surface area (Å²) < 4.78 is 16.6. The lowest BCUT2D eigenvalue weighted by Gasteiger charge is -2.18. The van der Waals surface area contributed by atoms with Gasteiger partial charge in [-0.25, -0.2) is 0 Å². The summed E-state index contributed by atoms with van der Waals surface area (Å²) in [4.78, 5) is 37.8. The van der Waals surface area contributed by atoms with E-state index in [2.05, 4.69) is 81.5 Å². The maximum atomic E-state index is 12.7. The normalized spacial score (nSPS) is 13.6. The summed E-state index contributed by atoms with van der Waals surface area (Å²) in [7, 11) is 0. The van der Waals surface area contributed by atoms with Crippen molar-refractivity contribution in [3.8, 4) is 0 Å². The van der Waals surface area contributed by atoms with Gasteiger partial charge in [0.15, 0.2) is 6.10 Å². The van der Waals surface area contributed by atoms with Gasteiger partial charge < -0.3 is 14.2 Å². The van der Waals surface area contributed by atoms with E-state index in [1.165, 1.54) is 0 Å². The minimum absolute atomic E-state index is 0.129. The van der Waals surface area contributed by atoms with Crippen LogP contribution in [0.15, 0.2) is 158 Å². The third-order valence-electron chi connectivity index (χ3n) is 8.80. The second-order valence-electron chi connectivity index (χ2n) is 14.4. The molecule has 1 atom stereocenters. The molecule has 0 radical (unpaired) electrons. The molecule has 0 bridgehead atoms. The smallest absolute Gasteiger partial charge is 0.306 e. The van der Waals surface area contributed by atoms with E-state index >= 15 is 0 Å². The maximum Gasteiger partial charge on any atom is 0.306 e. The number of hydrogen-bond donors (Lipinski definition) is 0. The molecule has 336 valence electrons. The molecule has 0 aromatic rings. The minimum Gasteiger partial charge on any atom is -0.462 e. The van der Waals surface area contributed by atoms with E-state index in [-0.39, 0.29) is 44.0 Å². The molecule has 6 heteroatoms. The molecular weight excluding hydrogens is 757 g/mol. The van der Waals surface area contributed by atoms with Gasteiger partial charge in [-0.2, -0.15) is 0 Å². The quantitative estimate of drug-likeness (QED) is 0.0203. The number of hydrogen-bond acceptors (Lipinski definition) is 6. The van der Waals surface area contributed by atoms with Crippen molar-refractivity contribution < 1.29 is 28.6 Å². The van der Waals surface area contributed by atoms with Crippen molar-refractivity contribution in [2.75, 3.05) is 13.2 Å². The average molecular weight is 837 g/mol. The first-order valence-corrected chi connectivity index (χ1v) is 23.1. The summed E-state index contributed by atoms with van der Waals surface area (Å²) in [6, 6.07) is 0. The Bertz CT molecular complexity index is 1470. The van der Waals surface area contributed by atoms with Crippen molar-refractivity contribution in [3.63, 3.8) is 0 Å². The molecule has 61 heavy (non-hydrogen) atoms. The number of ether oxygens (including phenoxy) is 3. The van der Waals surface area contributed by atoms with Gasteiger partial charge in [0.25, 0.3) is 0 Å². The van der Waals surface area contributed by atoms with Crippen LogP contribution < -0.4 is 0 Å². The molecule has 0 saturated heterocycles. The molecule has 1 unspecified atom stereocenters. The van der Waals surface area contributed by atoms with E-state index < -0.39 is 6.10 Å².